The molecule has 168 valence electrons. The first kappa shape index (κ1) is 22.3. The molecule has 1 unspecified atom stereocenters. The molecule has 0 aromatic carbocycles. The number of amides is 1. The Morgan fingerprint density at radius 3 is 2.91 bits per heavy atom. The Morgan fingerprint density at radius 2 is 2.25 bits per heavy atom. The number of hydrogen-bond donors (Lipinski definition) is 1. The van der Waals surface area contributed by atoms with Gasteiger partial charge in [-0.3, -0.25) is 9.69 Å². The molecule has 4 heterocycles. The highest BCUT2D eigenvalue weighted by atomic mass is 32.1. The molecule has 0 spiro atoms. The van der Waals surface area contributed by atoms with E-state index in [9.17, 15) is 10.1 Å². The van der Waals surface area contributed by atoms with E-state index in [0.29, 0.717) is 31.0 Å². The number of nitrogens with zero attached hydrogens (tertiary/aromatic N) is 3. The zero-order chi connectivity index (χ0) is 22.5. The first-order chi connectivity index (χ1) is 15.5. The predicted molar refractivity (Wildman–Crippen MR) is 124 cm³/mol. The average molecular weight is 453 g/mol. The maximum Gasteiger partial charge on any atom is 0.239 e. The van der Waals surface area contributed by atoms with E-state index in [0.717, 1.165) is 36.5 Å². The standard InChI is InChI=1S/C24H28N4O3S/c1-17-18(2)28(14-20-7-4-10-31-20)24(22(17)12-25)26-23(29)16-27(13-19-6-3-9-30-19)15-21-8-5-11-32-21/h4-5,7-8,10-11,19H,3,6,9,13-16H2,1-2H3,(H,26,29). The average Bonchev–Trinajstić information content (AvgIpc) is 3.56. The van der Waals surface area contributed by atoms with Crippen LogP contribution in [0.15, 0.2) is 40.3 Å². The lowest BCUT2D eigenvalue weighted by molar-refractivity contribution is -0.117. The summed E-state index contributed by atoms with van der Waals surface area (Å²) >= 11 is 1.68. The molecule has 1 saturated heterocycles. The minimum absolute atomic E-state index is 0.144. The van der Waals surface area contributed by atoms with Crippen LogP contribution in [0.3, 0.4) is 0 Å². The zero-order valence-corrected chi connectivity index (χ0v) is 19.3. The number of nitriles is 1. The van der Waals surface area contributed by atoms with Crippen molar-refractivity contribution < 1.29 is 13.9 Å². The van der Waals surface area contributed by atoms with Crippen LogP contribution in [0.25, 0.3) is 0 Å². The predicted octanol–water partition coefficient (Wildman–Crippen LogP) is 4.30. The number of hydrogen-bond acceptors (Lipinski definition) is 6. The van der Waals surface area contributed by atoms with Crippen LogP contribution in [0, 0.1) is 25.2 Å². The van der Waals surface area contributed by atoms with E-state index in [1.165, 1.54) is 4.88 Å². The van der Waals surface area contributed by atoms with Crippen molar-refractivity contribution in [2.75, 3.05) is 25.0 Å². The second kappa shape index (κ2) is 10.2. The third-order valence-corrected chi connectivity index (χ3v) is 6.77. The fourth-order valence-electron chi connectivity index (χ4n) is 4.15. The van der Waals surface area contributed by atoms with Gasteiger partial charge in [0.15, 0.2) is 0 Å². The number of anilines is 1. The summed E-state index contributed by atoms with van der Waals surface area (Å²) in [7, 11) is 0. The Labute approximate surface area is 192 Å². The highest BCUT2D eigenvalue weighted by Crippen LogP contribution is 2.27. The number of ether oxygens (including phenoxy) is 1. The highest BCUT2D eigenvalue weighted by Gasteiger charge is 2.24. The van der Waals surface area contributed by atoms with Gasteiger partial charge in [0, 0.05) is 30.3 Å². The van der Waals surface area contributed by atoms with Gasteiger partial charge in [0.25, 0.3) is 0 Å². The summed E-state index contributed by atoms with van der Waals surface area (Å²) in [4.78, 5) is 16.5. The van der Waals surface area contributed by atoms with Crippen molar-refractivity contribution in [2.24, 2.45) is 0 Å². The lowest BCUT2D eigenvalue weighted by Crippen LogP contribution is -2.38. The summed E-state index contributed by atoms with van der Waals surface area (Å²) in [6, 6.07) is 10.1. The van der Waals surface area contributed by atoms with Crippen LogP contribution >= 0.6 is 11.3 Å². The molecule has 7 nitrogen and oxygen atoms in total. The van der Waals surface area contributed by atoms with Crippen molar-refractivity contribution in [1.82, 2.24) is 9.47 Å². The van der Waals surface area contributed by atoms with Crippen molar-refractivity contribution in [2.45, 2.75) is 45.9 Å². The van der Waals surface area contributed by atoms with Crippen LogP contribution in [0.1, 0.15) is 40.3 Å². The van der Waals surface area contributed by atoms with Gasteiger partial charge < -0.3 is 19.0 Å². The summed E-state index contributed by atoms with van der Waals surface area (Å²) in [6.45, 7) is 6.73. The Kier molecular flexibility index (Phi) is 7.10. The Bertz CT molecular complexity index is 1070. The maximum absolute atomic E-state index is 13.1. The lowest BCUT2D eigenvalue weighted by atomic mass is 10.2. The van der Waals surface area contributed by atoms with E-state index in [4.69, 9.17) is 9.15 Å². The molecule has 1 aliphatic heterocycles. The molecule has 4 rings (SSSR count). The number of rotatable bonds is 9. The van der Waals surface area contributed by atoms with Gasteiger partial charge in [-0.15, -0.1) is 11.3 Å². The quantitative estimate of drug-likeness (QED) is 0.523. The molecule has 0 bridgehead atoms. The summed E-state index contributed by atoms with van der Waals surface area (Å²) in [5.41, 5.74) is 2.29. The van der Waals surface area contributed by atoms with Crippen molar-refractivity contribution in [1.29, 1.82) is 5.26 Å². The van der Waals surface area contributed by atoms with Gasteiger partial charge in [0.2, 0.25) is 5.91 Å². The Balaban J connectivity index is 1.52. The second-order valence-corrected chi connectivity index (χ2v) is 9.18. The van der Waals surface area contributed by atoms with Gasteiger partial charge >= 0.3 is 0 Å². The number of nitrogens with one attached hydrogen (secondary N) is 1. The van der Waals surface area contributed by atoms with Crippen LogP contribution in [-0.2, 0) is 22.6 Å². The van der Waals surface area contributed by atoms with Gasteiger partial charge in [0.05, 0.1) is 31.0 Å². The fourth-order valence-corrected chi connectivity index (χ4v) is 4.89. The van der Waals surface area contributed by atoms with Crippen molar-refractivity contribution in [3.8, 4) is 6.07 Å². The summed E-state index contributed by atoms with van der Waals surface area (Å²) in [5, 5.41) is 14.8. The van der Waals surface area contributed by atoms with Crippen molar-refractivity contribution in [3.63, 3.8) is 0 Å². The van der Waals surface area contributed by atoms with E-state index in [2.05, 4.69) is 22.4 Å². The van der Waals surface area contributed by atoms with Gasteiger partial charge in [-0.1, -0.05) is 6.07 Å². The number of carbonyl (C=O) groups is 1. The largest absolute Gasteiger partial charge is 0.467 e. The third kappa shape index (κ3) is 5.13. The summed E-state index contributed by atoms with van der Waals surface area (Å²) in [6.07, 6.45) is 3.86. The molecule has 3 aromatic rings. The molecule has 8 heteroatoms. The van der Waals surface area contributed by atoms with Gasteiger partial charge in [0.1, 0.15) is 17.6 Å². The van der Waals surface area contributed by atoms with E-state index in [1.54, 1.807) is 17.6 Å². The Morgan fingerprint density at radius 1 is 1.38 bits per heavy atom. The number of furan rings is 1. The molecule has 3 aromatic heterocycles. The fraction of sp³-hybridized carbons (Fsp3) is 0.417. The van der Waals surface area contributed by atoms with E-state index in [-0.39, 0.29) is 18.6 Å². The highest BCUT2D eigenvalue weighted by molar-refractivity contribution is 7.09. The molecule has 1 fully saturated rings. The molecule has 0 aliphatic carbocycles. The first-order valence-electron chi connectivity index (χ1n) is 10.8. The number of aromatic nitrogens is 1. The van der Waals surface area contributed by atoms with Crippen molar-refractivity contribution >= 4 is 23.1 Å². The van der Waals surface area contributed by atoms with Gasteiger partial charge in [-0.05, 0) is 55.8 Å². The van der Waals surface area contributed by atoms with Gasteiger partial charge in [-0.25, -0.2) is 0 Å². The Hall–Kier alpha value is -2.86. The SMILES string of the molecule is Cc1c(C#N)c(NC(=O)CN(Cc2cccs2)CC2CCCO2)n(Cc2ccco2)c1C. The van der Waals surface area contributed by atoms with Crippen LogP contribution in [-0.4, -0.2) is 41.2 Å². The van der Waals surface area contributed by atoms with Crippen LogP contribution < -0.4 is 5.32 Å². The molecular formula is C24H28N4O3S. The molecule has 1 N–H and O–H groups in total. The summed E-state index contributed by atoms with van der Waals surface area (Å²) in [5.74, 6) is 1.15. The molecule has 1 atom stereocenters. The van der Waals surface area contributed by atoms with Crippen LogP contribution in [0.5, 0.6) is 0 Å². The maximum atomic E-state index is 13.1. The van der Waals surface area contributed by atoms with Crippen molar-refractivity contribution in [3.05, 3.63) is 63.4 Å². The van der Waals surface area contributed by atoms with E-state index in [1.807, 2.05) is 42.0 Å². The van der Waals surface area contributed by atoms with E-state index < -0.39 is 0 Å². The first-order valence-corrected chi connectivity index (χ1v) is 11.7. The monoisotopic (exact) mass is 452 g/mol. The lowest BCUT2D eigenvalue weighted by Gasteiger charge is -2.24. The number of thiophene rings is 1. The smallest absolute Gasteiger partial charge is 0.239 e. The molecule has 1 amide bonds. The topological polar surface area (TPSA) is 83.4 Å². The molecule has 32 heavy (non-hydrogen) atoms. The normalized spacial score (nSPS) is 15.9. The third-order valence-electron chi connectivity index (χ3n) is 5.91. The molecule has 1 aliphatic rings. The van der Waals surface area contributed by atoms with E-state index >= 15 is 0 Å². The molecule has 0 radical (unpaired) electrons. The van der Waals surface area contributed by atoms with Crippen LogP contribution in [0.2, 0.25) is 0 Å². The minimum Gasteiger partial charge on any atom is -0.467 e. The van der Waals surface area contributed by atoms with Gasteiger partial charge in [-0.2, -0.15) is 5.26 Å². The number of carbonyl (C=O) groups excluding carboxylic acids is 1. The zero-order valence-electron chi connectivity index (χ0n) is 18.5. The van der Waals surface area contributed by atoms with Crippen LogP contribution in [0.4, 0.5) is 5.82 Å². The second-order valence-electron chi connectivity index (χ2n) is 8.14. The molecular weight excluding hydrogens is 424 g/mol. The summed E-state index contributed by atoms with van der Waals surface area (Å²) < 4.78 is 13.2. The molecule has 0 saturated carbocycles. The minimum atomic E-state index is -0.144.